The fourth-order valence-corrected chi connectivity index (χ4v) is 4.97. The molecule has 0 aliphatic carbocycles. The van der Waals surface area contributed by atoms with Gasteiger partial charge in [0, 0.05) is 50.8 Å². The van der Waals surface area contributed by atoms with Crippen molar-refractivity contribution in [2.24, 2.45) is 10.9 Å². The second-order valence-electron chi connectivity index (χ2n) is 8.42. The molecule has 4 rings (SSSR count). The second-order valence-corrected chi connectivity index (χ2v) is 9.48. The number of aromatic nitrogens is 2. The highest BCUT2D eigenvalue weighted by atomic mass is 32.1. The van der Waals surface area contributed by atoms with Gasteiger partial charge >= 0.3 is 0 Å². The maximum absolute atomic E-state index is 14.0. The van der Waals surface area contributed by atoms with Gasteiger partial charge in [-0.2, -0.15) is 0 Å². The van der Waals surface area contributed by atoms with Gasteiger partial charge in [0.1, 0.15) is 0 Å². The third kappa shape index (κ3) is 5.92. The number of aliphatic imine (C=N–C) groups is 1. The highest BCUT2D eigenvalue weighted by Gasteiger charge is 2.26. The van der Waals surface area contributed by atoms with Crippen LogP contribution in [-0.2, 0) is 6.54 Å². The van der Waals surface area contributed by atoms with Gasteiger partial charge in [0.2, 0.25) is 0 Å². The molecule has 2 fully saturated rings. The van der Waals surface area contributed by atoms with Crippen molar-refractivity contribution in [1.82, 2.24) is 25.5 Å². The Morgan fingerprint density at radius 1 is 1.29 bits per heavy atom. The van der Waals surface area contributed by atoms with E-state index in [0.717, 1.165) is 56.7 Å². The van der Waals surface area contributed by atoms with Crippen LogP contribution in [0.2, 0.25) is 0 Å². The molecule has 1 atom stereocenters. The van der Waals surface area contributed by atoms with Gasteiger partial charge in [0.25, 0.3) is 0 Å². The zero-order chi connectivity index (χ0) is 21.6. The SMILES string of the molecule is CN=C(NCC1CCN(Cc2csc(C)n2)CC1)NC1CCN(c2ncccc2F)C1. The fourth-order valence-electron chi connectivity index (χ4n) is 4.37. The number of nitrogens with zero attached hydrogens (tertiary/aromatic N) is 5. The average molecular weight is 446 g/mol. The quantitative estimate of drug-likeness (QED) is 0.526. The van der Waals surface area contributed by atoms with E-state index in [1.807, 2.05) is 4.90 Å². The summed E-state index contributed by atoms with van der Waals surface area (Å²) >= 11 is 1.73. The molecule has 2 aliphatic rings. The first kappa shape index (κ1) is 22.0. The van der Waals surface area contributed by atoms with Crippen LogP contribution in [0.3, 0.4) is 0 Å². The van der Waals surface area contributed by atoms with E-state index in [0.29, 0.717) is 11.7 Å². The molecular weight excluding hydrogens is 413 g/mol. The Kier molecular flexibility index (Phi) is 7.34. The molecule has 2 aromatic rings. The number of anilines is 1. The van der Waals surface area contributed by atoms with E-state index < -0.39 is 0 Å². The van der Waals surface area contributed by atoms with Crippen LogP contribution >= 0.6 is 11.3 Å². The minimum absolute atomic E-state index is 0.232. The Morgan fingerprint density at radius 2 is 2.13 bits per heavy atom. The Morgan fingerprint density at radius 3 is 2.84 bits per heavy atom. The van der Waals surface area contributed by atoms with Gasteiger partial charge in [0.15, 0.2) is 17.6 Å². The number of halogens is 1. The van der Waals surface area contributed by atoms with Crippen LogP contribution in [0.25, 0.3) is 0 Å². The number of thiazole rings is 1. The van der Waals surface area contributed by atoms with E-state index in [4.69, 9.17) is 0 Å². The Bertz CT molecular complexity index is 878. The summed E-state index contributed by atoms with van der Waals surface area (Å²) in [4.78, 5) is 17.7. The number of piperidine rings is 1. The molecular formula is C22H32FN7S. The first-order chi connectivity index (χ1) is 15.1. The largest absolute Gasteiger partial charge is 0.356 e. The lowest BCUT2D eigenvalue weighted by atomic mass is 9.97. The van der Waals surface area contributed by atoms with Crippen molar-refractivity contribution < 1.29 is 4.39 Å². The van der Waals surface area contributed by atoms with Gasteiger partial charge in [-0.25, -0.2) is 14.4 Å². The summed E-state index contributed by atoms with van der Waals surface area (Å²) in [6.07, 6.45) is 4.95. The summed E-state index contributed by atoms with van der Waals surface area (Å²) < 4.78 is 14.0. The van der Waals surface area contributed by atoms with E-state index >= 15 is 0 Å². The predicted molar refractivity (Wildman–Crippen MR) is 124 cm³/mol. The standard InChI is InChI=1S/C22H32FN7S/c1-16-27-19(15-31-16)13-29-9-5-17(6-10-29)12-26-22(24-2)28-18-7-11-30(14-18)21-20(23)4-3-8-25-21/h3-4,8,15,17-18H,5-7,9-14H2,1-2H3,(H2,24,26,28). The Balaban J connectivity index is 1.18. The topological polar surface area (TPSA) is 68.7 Å². The third-order valence-electron chi connectivity index (χ3n) is 6.11. The molecule has 0 saturated carbocycles. The molecule has 0 amide bonds. The zero-order valence-corrected chi connectivity index (χ0v) is 19.2. The van der Waals surface area contributed by atoms with Crippen molar-refractivity contribution >= 4 is 23.1 Å². The summed E-state index contributed by atoms with van der Waals surface area (Å²) in [6.45, 7) is 7.69. The summed E-state index contributed by atoms with van der Waals surface area (Å²) in [5.74, 6) is 1.65. The number of rotatable bonds is 6. The van der Waals surface area contributed by atoms with Crippen molar-refractivity contribution in [2.45, 2.75) is 38.8 Å². The first-order valence-corrected chi connectivity index (χ1v) is 11.9. The van der Waals surface area contributed by atoms with Crippen molar-refractivity contribution in [1.29, 1.82) is 0 Å². The number of aryl methyl sites for hydroxylation is 1. The second kappa shape index (κ2) is 10.4. The highest BCUT2D eigenvalue weighted by Crippen LogP contribution is 2.21. The van der Waals surface area contributed by atoms with Crippen LogP contribution < -0.4 is 15.5 Å². The number of likely N-dealkylation sites (tertiary alicyclic amines) is 1. The number of pyridine rings is 1. The lowest BCUT2D eigenvalue weighted by Crippen LogP contribution is -2.47. The lowest BCUT2D eigenvalue weighted by Gasteiger charge is -2.32. The molecule has 4 heterocycles. The smallest absolute Gasteiger partial charge is 0.191 e. The van der Waals surface area contributed by atoms with Gasteiger partial charge in [-0.3, -0.25) is 9.89 Å². The van der Waals surface area contributed by atoms with Gasteiger partial charge < -0.3 is 15.5 Å². The van der Waals surface area contributed by atoms with Gasteiger partial charge in [-0.05, 0) is 57.3 Å². The predicted octanol–water partition coefficient (Wildman–Crippen LogP) is 2.64. The van der Waals surface area contributed by atoms with Crippen molar-refractivity contribution in [3.8, 4) is 0 Å². The molecule has 0 spiro atoms. The number of hydrogen-bond donors (Lipinski definition) is 2. The van der Waals surface area contributed by atoms with Crippen molar-refractivity contribution in [3.63, 3.8) is 0 Å². The monoisotopic (exact) mass is 445 g/mol. The van der Waals surface area contributed by atoms with Crippen LogP contribution in [0, 0.1) is 18.7 Å². The summed E-state index contributed by atoms with van der Waals surface area (Å²) in [7, 11) is 1.80. The van der Waals surface area contributed by atoms with Gasteiger partial charge in [-0.1, -0.05) is 0 Å². The normalized spacial score (nSPS) is 20.9. The van der Waals surface area contributed by atoms with Gasteiger partial charge in [0.05, 0.1) is 10.7 Å². The number of nitrogens with one attached hydrogen (secondary N) is 2. The lowest BCUT2D eigenvalue weighted by molar-refractivity contribution is 0.176. The maximum atomic E-state index is 14.0. The molecule has 0 radical (unpaired) electrons. The van der Waals surface area contributed by atoms with Crippen LogP contribution in [0.5, 0.6) is 0 Å². The maximum Gasteiger partial charge on any atom is 0.191 e. The van der Waals surface area contributed by atoms with Crippen LogP contribution in [0.4, 0.5) is 10.2 Å². The average Bonchev–Trinajstić information content (AvgIpc) is 3.41. The van der Waals surface area contributed by atoms with Crippen LogP contribution in [-0.4, -0.2) is 66.6 Å². The van der Waals surface area contributed by atoms with Crippen molar-refractivity contribution in [3.05, 3.63) is 40.2 Å². The molecule has 0 aromatic carbocycles. The van der Waals surface area contributed by atoms with Crippen LogP contribution in [0.15, 0.2) is 28.7 Å². The summed E-state index contributed by atoms with van der Waals surface area (Å²) in [6, 6.07) is 3.32. The molecule has 7 nitrogen and oxygen atoms in total. The molecule has 2 saturated heterocycles. The molecule has 2 N–H and O–H groups in total. The molecule has 0 bridgehead atoms. The first-order valence-electron chi connectivity index (χ1n) is 11.1. The molecule has 2 aliphatic heterocycles. The zero-order valence-electron chi connectivity index (χ0n) is 18.4. The molecule has 168 valence electrons. The minimum atomic E-state index is -0.262. The Hall–Kier alpha value is -2.26. The van der Waals surface area contributed by atoms with Gasteiger partial charge in [-0.15, -0.1) is 11.3 Å². The minimum Gasteiger partial charge on any atom is -0.356 e. The summed E-state index contributed by atoms with van der Waals surface area (Å²) in [5, 5.41) is 10.3. The Labute approximate surface area is 187 Å². The molecule has 1 unspecified atom stereocenters. The number of guanidine groups is 1. The van der Waals surface area contributed by atoms with Crippen LogP contribution in [0.1, 0.15) is 30.0 Å². The van der Waals surface area contributed by atoms with E-state index in [2.05, 4.69) is 42.8 Å². The molecule has 2 aromatic heterocycles. The summed E-state index contributed by atoms with van der Waals surface area (Å²) in [5.41, 5.74) is 1.19. The highest BCUT2D eigenvalue weighted by molar-refractivity contribution is 7.09. The molecule has 9 heteroatoms. The van der Waals surface area contributed by atoms with E-state index in [1.165, 1.54) is 24.6 Å². The van der Waals surface area contributed by atoms with E-state index in [-0.39, 0.29) is 11.9 Å². The van der Waals surface area contributed by atoms with E-state index in [1.54, 1.807) is 30.6 Å². The molecule has 31 heavy (non-hydrogen) atoms. The number of hydrogen-bond acceptors (Lipinski definition) is 6. The van der Waals surface area contributed by atoms with E-state index in [9.17, 15) is 4.39 Å². The third-order valence-corrected chi connectivity index (χ3v) is 6.93. The van der Waals surface area contributed by atoms with Crippen molar-refractivity contribution in [2.75, 3.05) is 44.7 Å². The fraction of sp³-hybridized carbons (Fsp3) is 0.591.